The average molecular weight is 414 g/mol. The number of fused-ring (bicyclic) bond motifs is 1. The van der Waals surface area contributed by atoms with Crippen LogP contribution >= 0.6 is 0 Å². The first kappa shape index (κ1) is 21.6. The molecule has 0 aliphatic carbocycles. The third kappa shape index (κ3) is 5.09. The van der Waals surface area contributed by atoms with Gasteiger partial charge in [-0.25, -0.2) is 4.39 Å². The van der Waals surface area contributed by atoms with Crippen molar-refractivity contribution in [2.45, 2.75) is 45.1 Å². The van der Waals surface area contributed by atoms with Gasteiger partial charge in [-0.2, -0.15) is 0 Å². The number of carbonyl (C=O) groups excluding carboxylic acids is 1. The monoisotopic (exact) mass is 414 g/mol. The molecule has 0 aromatic heterocycles. The number of anilines is 1. The van der Waals surface area contributed by atoms with E-state index in [-0.39, 0.29) is 30.1 Å². The van der Waals surface area contributed by atoms with Crippen molar-refractivity contribution >= 4 is 17.6 Å². The Morgan fingerprint density at radius 2 is 1.93 bits per heavy atom. The zero-order chi connectivity index (χ0) is 21.7. The molecule has 3 N–H and O–H groups in total. The molecule has 0 saturated carbocycles. The number of nitrogens with one attached hydrogen (secondary N) is 2. The Hall–Kier alpha value is -3.09. The molecular weight excluding hydrogens is 387 g/mol. The van der Waals surface area contributed by atoms with Gasteiger partial charge in [0.25, 0.3) is 5.91 Å². The number of benzene rings is 2. The lowest BCUT2D eigenvalue weighted by Crippen LogP contribution is -2.27. The summed E-state index contributed by atoms with van der Waals surface area (Å²) in [6, 6.07) is 10.1. The van der Waals surface area contributed by atoms with E-state index in [4.69, 9.17) is 9.84 Å². The average Bonchev–Trinajstić information content (AvgIpc) is 3.06. The number of amides is 1. The maximum absolute atomic E-state index is 14.1. The zero-order valence-electron chi connectivity index (χ0n) is 17.2. The molecule has 2 atom stereocenters. The van der Waals surface area contributed by atoms with E-state index in [1.165, 1.54) is 6.07 Å². The number of aryl methyl sites for hydroxylation is 1. The lowest BCUT2D eigenvalue weighted by atomic mass is 9.89. The first-order valence-electron chi connectivity index (χ1n) is 10.1. The van der Waals surface area contributed by atoms with E-state index >= 15 is 0 Å². The van der Waals surface area contributed by atoms with Crippen LogP contribution in [0.4, 0.5) is 10.1 Å². The van der Waals surface area contributed by atoms with Crippen molar-refractivity contribution in [2.24, 2.45) is 0 Å². The summed E-state index contributed by atoms with van der Waals surface area (Å²) in [7, 11) is 0. The number of carbonyl (C=O) groups is 2. The summed E-state index contributed by atoms with van der Waals surface area (Å²) >= 11 is 0. The van der Waals surface area contributed by atoms with Crippen LogP contribution in [-0.4, -0.2) is 36.2 Å². The van der Waals surface area contributed by atoms with Gasteiger partial charge in [-0.3, -0.25) is 9.59 Å². The third-order valence-electron chi connectivity index (χ3n) is 5.42. The van der Waals surface area contributed by atoms with Gasteiger partial charge in [-0.1, -0.05) is 6.07 Å². The molecule has 7 heteroatoms. The highest BCUT2D eigenvalue weighted by molar-refractivity contribution is 5.94. The van der Waals surface area contributed by atoms with E-state index in [1.54, 1.807) is 30.3 Å². The van der Waals surface area contributed by atoms with Gasteiger partial charge in [0.2, 0.25) is 0 Å². The summed E-state index contributed by atoms with van der Waals surface area (Å²) in [5.74, 6) is -0.534. The Morgan fingerprint density at radius 3 is 2.63 bits per heavy atom. The van der Waals surface area contributed by atoms with Gasteiger partial charge in [-0.05, 0) is 68.1 Å². The summed E-state index contributed by atoms with van der Waals surface area (Å²) in [5.41, 5.74) is 3.16. The minimum atomic E-state index is -0.850. The number of aliphatic carboxylic acids is 1. The first-order chi connectivity index (χ1) is 14.4. The Kier molecular flexibility index (Phi) is 6.92. The second-order valence-electron chi connectivity index (χ2n) is 7.61. The van der Waals surface area contributed by atoms with Crippen molar-refractivity contribution in [1.82, 2.24) is 5.32 Å². The molecule has 30 heavy (non-hydrogen) atoms. The van der Waals surface area contributed by atoms with Crippen molar-refractivity contribution in [1.29, 1.82) is 0 Å². The van der Waals surface area contributed by atoms with Gasteiger partial charge in [0.05, 0.1) is 12.3 Å². The van der Waals surface area contributed by atoms with Gasteiger partial charge in [0.1, 0.15) is 11.6 Å². The Labute approximate surface area is 175 Å². The van der Waals surface area contributed by atoms with Crippen LogP contribution in [0.3, 0.4) is 0 Å². The minimum absolute atomic E-state index is 0.0618. The number of rotatable bonds is 9. The lowest BCUT2D eigenvalue weighted by Gasteiger charge is -2.18. The molecule has 1 aliphatic rings. The minimum Gasteiger partial charge on any atom is -0.494 e. The normalized spacial score (nSPS) is 17.2. The Bertz CT molecular complexity index is 914. The largest absolute Gasteiger partial charge is 0.494 e. The molecule has 0 radical (unpaired) electrons. The maximum Gasteiger partial charge on any atom is 0.303 e. The van der Waals surface area contributed by atoms with Crippen LogP contribution in [0.25, 0.3) is 0 Å². The third-order valence-corrected chi connectivity index (χ3v) is 5.42. The Balaban J connectivity index is 1.50. The summed E-state index contributed by atoms with van der Waals surface area (Å²) in [4.78, 5) is 22.9. The maximum atomic E-state index is 14.1. The molecule has 2 unspecified atom stereocenters. The van der Waals surface area contributed by atoms with E-state index < -0.39 is 5.97 Å². The van der Waals surface area contributed by atoms with Gasteiger partial charge >= 0.3 is 5.97 Å². The van der Waals surface area contributed by atoms with Crippen LogP contribution in [-0.2, 0) is 4.79 Å². The van der Waals surface area contributed by atoms with E-state index in [9.17, 15) is 14.0 Å². The summed E-state index contributed by atoms with van der Waals surface area (Å²) in [6.45, 7) is 4.81. The second-order valence-corrected chi connectivity index (χ2v) is 7.61. The number of hydrogen-bond acceptors (Lipinski definition) is 4. The lowest BCUT2D eigenvalue weighted by molar-refractivity contribution is -0.137. The van der Waals surface area contributed by atoms with E-state index in [0.717, 1.165) is 11.1 Å². The standard InChI is InChI=1S/C23H27FN2O4/c1-14-5-10-19(24)22-21(14)18(15(2)26-22)11-12-25-23(29)16-6-8-17(9-7-16)30-13-3-4-20(27)28/h5-10,15,18,26H,3-4,11-13H2,1-2H3,(H,25,29)(H,27,28). The van der Waals surface area contributed by atoms with Crippen LogP contribution < -0.4 is 15.4 Å². The predicted molar refractivity (Wildman–Crippen MR) is 113 cm³/mol. The summed E-state index contributed by atoms with van der Waals surface area (Å²) in [6.07, 6.45) is 1.20. The topological polar surface area (TPSA) is 87.7 Å². The number of carboxylic acid groups (broad SMARTS) is 1. The van der Waals surface area contributed by atoms with Gasteiger partial charge in [-0.15, -0.1) is 0 Å². The van der Waals surface area contributed by atoms with Crippen LogP contribution in [0, 0.1) is 12.7 Å². The molecule has 0 saturated heterocycles. The molecule has 0 bridgehead atoms. The smallest absolute Gasteiger partial charge is 0.303 e. The van der Waals surface area contributed by atoms with Crippen molar-refractivity contribution in [3.05, 3.63) is 58.9 Å². The van der Waals surface area contributed by atoms with E-state index in [0.29, 0.717) is 43.0 Å². The highest BCUT2D eigenvalue weighted by atomic mass is 19.1. The van der Waals surface area contributed by atoms with Crippen molar-refractivity contribution in [3.63, 3.8) is 0 Å². The number of carboxylic acids is 1. The fraction of sp³-hybridized carbons (Fsp3) is 0.391. The van der Waals surface area contributed by atoms with E-state index in [1.807, 2.05) is 13.8 Å². The molecule has 6 nitrogen and oxygen atoms in total. The van der Waals surface area contributed by atoms with Gasteiger partial charge < -0.3 is 20.5 Å². The second kappa shape index (κ2) is 9.61. The van der Waals surface area contributed by atoms with Crippen LogP contribution in [0.1, 0.15) is 53.6 Å². The van der Waals surface area contributed by atoms with Gasteiger partial charge in [0, 0.05) is 30.5 Å². The molecule has 160 valence electrons. The fourth-order valence-electron chi connectivity index (χ4n) is 3.85. The molecular formula is C23H27FN2O4. The number of ether oxygens (including phenoxy) is 1. The van der Waals surface area contributed by atoms with Crippen LogP contribution in [0.15, 0.2) is 36.4 Å². The van der Waals surface area contributed by atoms with Crippen molar-refractivity contribution < 1.29 is 23.8 Å². The fourth-order valence-corrected chi connectivity index (χ4v) is 3.85. The summed E-state index contributed by atoms with van der Waals surface area (Å²) < 4.78 is 19.6. The van der Waals surface area contributed by atoms with Crippen molar-refractivity contribution in [2.75, 3.05) is 18.5 Å². The molecule has 0 spiro atoms. The van der Waals surface area contributed by atoms with Crippen LogP contribution in [0.2, 0.25) is 0 Å². The number of halogens is 1. The molecule has 2 aromatic rings. The number of hydrogen-bond donors (Lipinski definition) is 3. The molecule has 1 amide bonds. The molecule has 0 fully saturated rings. The van der Waals surface area contributed by atoms with Gasteiger partial charge in [0.15, 0.2) is 0 Å². The highest BCUT2D eigenvalue weighted by Gasteiger charge is 2.32. The van der Waals surface area contributed by atoms with Crippen LogP contribution in [0.5, 0.6) is 5.75 Å². The SMILES string of the molecule is Cc1ccc(F)c2c1C(CCNC(=O)c1ccc(OCCCC(=O)O)cc1)C(C)N2. The summed E-state index contributed by atoms with van der Waals surface area (Å²) in [5, 5.41) is 14.8. The molecule has 3 rings (SSSR count). The van der Waals surface area contributed by atoms with Crippen molar-refractivity contribution in [3.8, 4) is 5.75 Å². The first-order valence-corrected chi connectivity index (χ1v) is 10.1. The quantitative estimate of drug-likeness (QED) is 0.538. The predicted octanol–water partition coefficient (Wildman–Crippen LogP) is 4.10. The Morgan fingerprint density at radius 1 is 1.20 bits per heavy atom. The van der Waals surface area contributed by atoms with E-state index in [2.05, 4.69) is 10.6 Å². The molecule has 1 heterocycles. The molecule has 1 aliphatic heterocycles. The molecule has 2 aromatic carbocycles. The zero-order valence-corrected chi connectivity index (χ0v) is 17.2. The highest BCUT2D eigenvalue weighted by Crippen LogP contribution is 2.41.